The van der Waals surface area contributed by atoms with Gasteiger partial charge in [0.25, 0.3) is 0 Å². The summed E-state index contributed by atoms with van der Waals surface area (Å²) < 4.78 is 46.0. The summed E-state index contributed by atoms with van der Waals surface area (Å²) >= 11 is 6.20. The van der Waals surface area contributed by atoms with E-state index in [1.165, 1.54) is 0 Å². The number of carbonyl (C=O) groups is 1. The number of ether oxygens (including phenoxy) is 1. The Morgan fingerprint density at radius 1 is 1.12 bits per heavy atom. The highest BCUT2D eigenvalue weighted by molar-refractivity contribution is 6.31. The van der Waals surface area contributed by atoms with Gasteiger partial charge in [-0.05, 0) is 35.2 Å². The first-order valence-corrected chi connectivity index (χ1v) is 10.4. The Kier molecular flexibility index (Phi) is 7.29. The number of nitrogens with zero attached hydrogens (tertiary/aromatic N) is 1. The van der Waals surface area contributed by atoms with Gasteiger partial charge in [0, 0.05) is 16.0 Å². The normalized spacial score (nSPS) is 11.8. The molecule has 1 aromatic heterocycles. The minimum absolute atomic E-state index is 0.187. The molecule has 0 saturated carbocycles. The molecule has 0 fully saturated rings. The zero-order valence-electron chi connectivity index (χ0n) is 17.7. The van der Waals surface area contributed by atoms with Crippen LogP contribution in [0, 0.1) is 5.41 Å². The highest BCUT2D eigenvalue weighted by Gasteiger charge is 2.34. The zero-order chi connectivity index (χ0) is 23.5. The van der Waals surface area contributed by atoms with Crippen molar-refractivity contribution >= 4 is 28.5 Å². The maximum absolute atomic E-state index is 13.4. The minimum atomic E-state index is -2.02. The van der Waals surface area contributed by atoms with Gasteiger partial charge in [0.1, 0.15) is 26.6 Å². The number of rotatable bonds is 9. The lowest BCUT2D eigenvalue weighted by atomic mass is 9.93. The maximum atomic E-state index is 13.4. The Morgan fingerprint density at radius 2 is 1.81 bits per heavy atom. The summed E-state index contributed by atoms with van der Waals surface area (Å²) in [6.07, 6.45) is 0. The molecule has 3 aromatic rings. The van der Waals surface area contributed by atoms with E-state index >= 15 is 0 Å². The van der Waals surface area contributed by atoms with Crippen molar-refractivity contribution in [2.45, 2.75) is 19.8 Å². The number of aromatic carboxylic acids is 1. The average molecular weight is 466 g/mol. The molecule has 170 valence electrons. The monoisotopic (exact) mass is 465 g/mol. The predicted molar refractivity (Wildman–Crippen MR) is 119 cm³/mol. The molecule has 0 aliphatic rings. The van der Waals surface area contributed by atoms with Crippen molar-refractivity contribution < 1.29 is 27.8 Å². The van der Waals surface area contributed by atoms with E-state index in [9.17, 15) is 23.1 Å². The summed E-state index contributed by atoms with van der Waals surface area (Å²) in [6.45, 7) is -0.562. The Bertz CT molecular complexity index is 1120. The molecule has 0 amide bonds. The van der Waals surface area contributed by atoms with Crippen LogP contribution in [0.2, 0.25) is 5.02 Å². The predicted octanol–water partition coefficient (Wildman–Crippen LogP) is 6.65. The van der Waals surface area contributed by atoms with Crippen molar-refractivity contribution in [3.8, 4) is 16.9 Å². The molecule has 0 spiro atoms. The van der Waals surface area contributed by atoms with Gasteiger partial charge in [0.05, 0.1) is 10.9 Å². The van der Waals surface area contributed by atoms with Crippen molar-refractivity contribution in [3.05, 3.63) is 58.7 Å². The van der Waals surface area contributed by atoms with Crippen LogP contribution in [0.5, 0.6) is 5.75 Å². The zero-order valence-corrected chi connectivity index (χ0v) is 18.4. The summed E-state index contributed by atoms with van der Waals surface area (Å²) in [4.78, 5) is 16.2. The summed E-state index contributed by atoms with van der Waals surface area (Å²) in [5.74, 6) is -1.38. The first-order chi connectivity index (χ1) is 15.2. The molecule has 32 heavy (non-hydrogen) atoms. The van der Waals surface area contributed by atoms with E-state index in [4.69, 9.17) is 16.3 Å². The first kappa shape index (κ1) is 23.9. The number of hydrogen-bond acceptors (Lipinski definition) is 3. The van der Waals surface area contributed by atoms with E-state index in [1.807, 2.05) is 32.0 Å². The van der Waals surface area contributed by atoms with Crippen LogP contribution in [0.15, 0.2) is 42.5 Å². The molecule has 0 atom stereocenters. The Labute approximate surface area is 189 Å². The molecule has 0 aliphatic heterocycles. The number of pyridine rings is 1. The third kappa shape index (κ3) is 4.67. The van der Waals surface area contributed by atoms with E-state index in [-0.39, 0.29) is 11.7 Å². The molecule has 8 heteroatoms. The third-order valence-electron chi connectivity index (χ3n) is 5.32. The fourth-order valence-electron chi connectivity index (χ4n) is 3.29. The second-order valence-corrected chi connectivity index (χ2v) is 8.54. The van der Waals surface area contributed by atoms with Crippen LogP contribution < -0.4 is 4.74 Å². The lowest BCUT2D eigenvalue weighted by Gasteiger charge is -2.26. The van der Waals surface area contributed by atoms with Crippen LogP contribution in [0.1, 0.15) is 35.8 Å². The Hall–Kier alpha value is -2.80. The number of aromatic nitrogens is 1. The van der Waals surface area contributed by atoms with Crippen LogP contribution in [-0.2, 0) is 0 Å². The smallest absolute Gasteiger partial charge is 0.358 e. The summed E-state index contributed by atoms with van der Waals surface area (Å²) in [5, 5.41) is 10.7. The number of alkyl halides is 3. The highest BCUT2D eigenvalue weighted by atomic mass is 35.5. The van der Waals surface area contributed by atoms with Gasteiger partial charge in [-0.1, -0.05) is 49.7 Å². The summed E-state index contributed by atoms with van der Waals surface area (Å²) in [5.41, 5.74) is -0.122. The van der Waals surface area contributed by atoms with Crippen molar-refractivity contribution in [2.75, 3.05) is 26.6 Å². The largest absolute Gasteiger partial charge is 0.489 e. The van der Waals surface area contributed by atoms with Gasteiger partial charge >= 0.3 is 5.97 Å². The number of carboxylic acids is 1. The van der Waals surface area contributed by atoms with E-state index < -0.39 is 43.7 Å². The van der Waals surface area contributed by atoms with Gasteiger partial charge in [0.15, 0.2) is 11.4 Å². The first-order valence-electron chi connectivity index (χ1n) is 10.0. The van der Waals surface area contributed by atoms with Crippen molar-refractivity contribution in [3.63, 3.8) is 0 Å². The SMILES string of the molecule is CC(C)c1cccc(-c2c(OCC(CF)(CF)CF)c(C(=O)O)nc3ccc(Cl)cc23)c1. The minimum Gasteiger partial charge on any atom is -0.489 e. The lowest BCUT2D eigenvalue weighted by molar-refractivity contribution is 0.0523. The number of halogens is 4. The topological polar surface area (TPSA) is 59.4 Å². The standard InChI is InChI=1S/C24H23ClF3NO3/c1-14(2)15-4-3-5-16(8-15)20-18-9-17(25)6-7-19(18)29-21(23(30)31)22(20)32-13-24(10-26,11-27)12-28/h3-9,14H,10-13H2,1-2H3,(H,30,31). The molecule has 0 aliphatic carbocycles. The second-order valence-electron chi connectivity index (χ2n) is 8.10. The number of fused-ring (bicyclic) bond motifs is 1. The molecule has 0 radical (unpaired) electrons. The molecule has 0 unspecified atom stereocenters. The molecular weight excluding hydrogens is 443 g/mol. The van der Waals surface area contributed by atoms with Crippen LogP contribution >= 0.6 is 11.6 Å². The van der Waals surface area contributed by atoms with Crippen LogP contribution in [0.4, 0.5) is 13.2 Å². The molecule has 1 N–H and O–H groups in total. The Balaban J connectivity index is 2.32. The maximum Gasteiger partial charge on any atom is 0.358 e. The van der Waals surface area contributed by atoms with E-state index in [2.05, 4.69) is 4.98 Å². The van der Waals surface area contributed by atoms with E-state index in [1.54, 1.807) is 24.3 Å². The van der Waals surface area contributed by atoms with Gasteiger partial charge < -0.3 is 9.84 Å². The number of benzene rings is 2. The fraction of sp³-hybridized carbons (Fsp3) is 0.333. The average Bonchev–Trinajstić information content (AvgIpc) is 2.79. The molecular formula is C24H23ClF3NO3. The van der Waals surface area contributed by atoms with Gasteiger partial charge in [-0.3, -0.25) is 13.2 Å². The molecule has 4 nitrogen and oxygen atoms in total. The third-order valence-corrected chi connectivity index (χ3v) is 5.56. The summed E-state index contributed by atoms with van der Waals surface area (Å²) in [7, 11) is 0. The quantitative estimate of drug-likeness (QED) is 0.384. The van der Waals surface area contributed by atoms with Crippen molar-refractivity contribution in [2.24, 2.45) is 5.41 Å². The number of hydrogen-bond donors (Lipinski definition) is 1. The second kappa shape index (κ2) is 9.77. The van der Waals surface area contributed by atoms with E-state index in [0.29, 0.717) is 27.1 Å². The lowest BCUT2D eigenvalue weighted by Crippen LogP contribution is -2.36. The van der Waals surface area contributed by atoms with Gasteiger partial charge in [-0.15, -0.1) is 0 Å². The van der Waals surface area contributed by atoms with Crippen LogP contribution in [0.25, 0.3) is 22.0 Å². The Morgan fingerprint density at radius 3 is 2.41 bits per heavy atom. The highest BCUT2D eigenvalue weighted by Crippen LogP contribution is 2.41. The van der Waals surface area contributed by atoms with Crippen LogP contribution in [0.3, 0.4) is 0 Å². The van der Waals surface area contributed by atoms with Gasteiger partial charge in [-0.25, -0.2) is 9.78 Å². The van der Waals surface area contributed by atoms with Gasteiger partial charge in [0.2, 0.25) is 0 Å². The van der Waals surface area contributed by atoms with Crippen molar-refractivity contribution in [1.82, 2.24) is 4.98 Å². The molecule has 3 rings (SSSR count). The molecule has 0 bridgehead atoms. The molecule has 0 saturated heterocycles. The fourth-order valence-corrected chi connectivity index (χ4v) is 3.46. The van der Waals surface area contributed by atoms with Crippen molar-refractivity contribution in [1.29, 1.82) is 0 Å². The van der Waals surface area contributed by atoms with Crippen LogP contribution in [-0.4, -0.2) is 42.7 Å². The van der Waals surface area contributed by atoms with Gasteiger partial charge in [-0.2, -0.15) is 0 Å². The molecule has 1 heterocycles. The van der Waals surface area contributed by atoms with E-state index in [0.717, 1.165) is 5.56 Å². The number of carboxylic acid groups (broad SMARTS) is 1. The summed E-state index contributed by atoms with van der Waals surface area (Å²) in [6, 6.07) is 12.2. The molecule has 2 aromatic carbocycles.